The van der Waals surface area contributed by atoms with E-state index in [1.807, 2.05) is 0 Å². The summed E-state index contributed by atoms with van der Waals surface area (Å²) in [6, 6.07) is 2.73. The molecule has 0 radical (unpaired) electrons. The van der Waals surface area contributed by atoms with Gasteiger partial charge in [0, 0.05) is 14.1 Å². The van der Waals surface area contributed by atoms with Crippen molar-refractivity contribution in [2.45, 2.75) is 25.7 Å². The minimum Gasteiger partial charge on any atom is -0.492 e. The van der Waals surface area contributed by atoms with Crippen molar-refractivity contribution in [3.05, 3.63) is 10.9 Å². The van der Waals surface area contributed by atoms with Crippen LogP contribution in [0.5, 0.6) is 5.75 Å². The van der Waals surface area contributed by atoms with Crippen LogP contribution in [0.2, 0.25) is 25.7 Å². The Hall–Kier alpha value is -1.01. The molecule has 1 aromatic rings. The lowest BCUT2D eigenvalue weighted by Crippen LogP contribution is -2.22. The fraction of sp³-hybridized carbons (Fsp3) is 0.545. The molecular weight excluding hydrogens is 254 g/mol. The highest BCUT2D eigenvalue weighted by Gasteiger charge is 2.18. The number of hydrogen-bond acceptors (Lipinski definition) is 5. The zero-order valence-corrected chi connectivity index (χ0v) is 12.5. The van der Waals surface area contributed by atoms with Crippen molar-refractivity contribution in [3.8, 4) is 5.75 Å². The summed E-state index contributed by atoms with van der Waals surface area (Å²) in [5, 5.41) is 0.563. The van der Waals surface area contributed by atoms with Crippen LogP contribution in [-0.2, 0) is 4.74 Å². The van der Waals surface area contributed by atoms with Gasteiger partial charge in [0.25, 0.3) is 0 Å². The highest BCUT2D eigenvalue weighted by molar-refractivity contribution is 7.18. The molecule has 0 aliphatic heterocycles. The molecule has 2 N–H and O–H groups in total. The lowest BCUT2D eigenvalue weighted by atomic mass is 10.4. The highest BCUT2D eigenvalue weighted by Crippen LogP contribution is 2.32. The van der Waals surface area contributed by atoms with E-state index in [2.05, 4.69) is 24.4 Å². The van der Waals surface area contributed by atoms with Gasteiger partial charge in [-0.1, -0.05) is 19.6 Å². The van der Waals surface area contributed by atoms with Gasteiger partial charge in [0.2, 0.25) is 0 Å². The number of ether oxygens (including phenoxy) is 2. The molecule has 1 heterocycles. The van der Waals surface area contributed by atoms with Gasteiger partial charge in [-0.05, 0) is 6.04 Å². The van der Waals surface area contributed by atoms with Gasteiger partial charge in [0.1, 0.15) is 5.75 Å². The monoisotopic (exact) mass is 273 g/mol. The van der Waals surface area contributed by atoms with E-state index < -0.39 is 14.0 Å². The van der Waals surface area contributed by atoms with Crippen molar-refractivity contribution in [3.63, 3.8) is 0 Å². The molecule has 1 rings (SSSR count). The van der Waals surface area contributed by atoms with E-state index in [1.54, 1.807) is 6.07 Å². The van der Waals surface area contributed by atoms with Crippen LogP contribution < -0.4 is 10.5 Å². The first kappa shape index (κ1) is 14.0. The Labute approximate surface area is 107 Å². The van der Waals surface area contributed by atoms with E-state index in [0.717, 1.165) is 6.04 Å². The van der Waals surface area contributed by atoms with Crippen molar-refractivity contribution in [2.24, 2.45) is 0 Å². The SMILES string of the molecule is COC(=O)c1sc(N)cc1OCC[Si](C)(C)C. The number of nitrogens with two attached hydrogens (primary N) is 1. The molecule has 96 valence electrons. The average Bonchev–Trinajstić information content (AvgIpc) is 2.57. The summed E-state index contributed by atoms with van der Waals surface area (Å²) in [6.07, 6.45) is 0. The van der Waals surface area contributed by atoms with Gasteiger partial charge in [0.15, 0.2) is 4.88 Å². The summed E-state index contributed by atoms with van der Waals surface area (Å²) < 4.78 is 10.3. The number of carbonyl (C=O) groups is 1. The zero-order valence-electron chi connectivity index (χ0n) is 10.7. The number of methoxy groups -OCH3 is 1. The number of esters is 1. The summed E-state index contributed by atoms with van der Waals surface area (Å²) in [5.41, 5.74) is 5.67. The molecule has 0 amide bonds. The first-order chi connectivity index (χ1) is 7.83. The molecule has 0 aromatic carbocycles. The lowest BCUT2D eigenvalue weighted by molar-refractivity contribution is 0.0602. The molecule has 0 aliphatic carbocycles. The van der Waals surface area contributed by atoms with Crippen LogP contribution in [0.25, 0.3) is 0 Å². The third kappa shape index (κ3) is 4.39. The summed E-state index contributed by atoms with van der Waals surface area (Å²) in [7, 11) is 0.225. The predicted octanol–water partition coefficient (Wildman–Crippen LogP) is 2.83. The van der Waals surface area contributed by atoms with E-state index >= 15 is 0 Å². The van der Waals surface area contributed by atoms with Crippen molar-refractivity contribution in [1.82, 2.24) is 0 Å². The van der Waals surface area contributed by atoms with Crippen molar-refractivity contribution >= 4 is 30.4 Å². The number of nitrogen functional groups attached to an aromatic ring is 1. The second-order valence-corrected chi connectivity index (χ2v) is 11.7. The minimum atomic E-state index is -1.13. The molecule has 4 nitrogen and oxygen atoms in total. The Bertz CT molecular complexity index is 398. The Morgan fingerprint density at radius 1 is 1.47 bits per heavy atom. The van der Waals surface area contributed by atoms with Crippen LogP contribution in [0.3, 0.4) is 0 Å². The molecule has 6 heteroatoms. The second kappa shape index (κ2) is 5.55. The maximum atomic E-state index is 11.5. The van der Waals surface area contributed by atoms with Crippen LogP contribution in [0.15, 0.2) is 6.07 Å². The quantitative estimate of drug-likeness (QED) is 0.662. The van der Waals surface area contributed by atoms with Crippen molar-refractivity contribution in [1.29, 1.82) is 0 Å². The standard InChI is InChI=1S/C11H19NO3SSi/c1-14-11(13)10-8(7-9(12)16-10)15-5-6-17(2,3)4/h7H,5-6,12H2,1-4H3. The Balaban J connectivity index is 2.67. The van der Waals surface area contributed by atoms with E-state index in [9.17, 15) is 4.79 Å². The first-order valence-electron chi connectivity index (χ1n) is 5.44. The molecule has 17 heavy (non-hydrogen) atoms. The van der Waals surface area contributed by atoms with Crippen LogP contribution in [0.4, 0.5) is 5.00 Å². The summed E-state index contributed by atoms with van der Waals surface area (Å²) in [4.78, 5) is 11.9. The number of anilines is 1. The van der Waals surface area contributed by atoms with Gasteiger partial charge in [0.05, 0.1) is 18.7 Å². The third-order valence-corrected chi connectivity index (χ3v) is 4.83. The van der Waals surface area contributed by atoms with E-state index in [0.29, 0.717) is 22.2 Å². The Kier molecular flexibility index (Phi) is 4.59. The van der Waals surface area contributed by atoms with Crippen LogP contribution in [0, 0.1) is 0 Å². The van der Waals surface area contributed by atoms with Gasteiger partial charge in [-0.3, -0.25) is 0 Å². The van der Waals surface area contributed by atoms with Crippen molar-refractivity contribution < 1.29 is 14.3 Å². The summed E-state index contributed by atoms with van der Waals surface area (Å²) in [6.45, 7) is 7.45. The Morgan fingerprint density at radius 3 is 2.65 bits per heavy atom. The number of carbonyl (C=O) groups excluding carboxylic acids is 1. The van der Waals surface area contributed by atoms with E-state index in [4.69, 9.17) is 10.5 Å². The Morgan fingerprint density at radius 2 is 2.12 bits per heavy atom. The molecule has 0 aliphatic rings. The topological polar surface area (TPSA) is 61.5 Å². The van der Waals surface area contributed by atoms with Crippen LogP contribution >= 0.6 is 11.3 Å². The van der Waals surface area contributed by atoms with Gasteiger partial charge in [-0.25, -0.2) is 4.79 Å². The smallest absolute Gasteiger partial charge is 0.351 e. The van der Waals surface area contributed by atoms with Gasteiger partial charge < -0.3 is 15.2 Å². The molecule has 0 saturated carbocycles. The molecular formula is C11H19NO3SSi. The van der Waals surface area contributed by atoms with Crippen LogP contribution in [-0.4, -0.2) is 27.8 Å². The molecule has 0 unspecified atom stereocenters. The molecule has 0 atom stereocenters. The zero-order chi connectivity index (χ0) is 13.1. The number of rotatable bonds is 5. The van der Waals surface area contributed by atoms with E-state index in [-0.39, 0.29) is 0 Å². The fourth-order valence-corrected chi connectivity index (χ4v) is 2.70. The minimum absolute atomic E-state index is 0.394. The van der Waals surface area contributed by atoms with E-state index in [1.165, 1.54) is 18.4 Å². The molecule has 0 spiro atoms. The molecule has 0 saturated heterocycles. The maximum Gasteiger partial charge on any atom is 0.351 e. The van der Waals surface area contributed by atoms with Gasteiger partial charge >= 0.3 is 5.97 Å². The normalized spacial score (nSPS) is 11.3. The number of thiophene rings is 1. The van der Waals surface area contributed by atoms with Crippen molar-refractivity contribution in [2.75, 3.05) is 19.5 Å². The second-order valence-electron chi connectivity index (χ2n) is 4.99. The summed E-state index contributed by atoms with van der Waals surface area (Å²) in [5.74, 6) is 0.146. The lowest BCUT2D eigenvalue weighted by Gasteiger charge is -2.15. The van der Waals surface area contributed by atoms with Crippen LogP contribution in [0.1, 0.15) is 9.67 Å². The number of hydrogen-bond donors (Lipinski definition) is 1. The average molecular weight is 273 g/mol. The maximum absolute atomic E-state index is 11.5. The first-order valence-corrected chi connectivity index (χ1v) is 9.96. The molecule has 0 bridgehead atoms. The summed E-state index contributed by atoms with van der Waals surface area (Å²) >= 11 is 1.19. The largest absolute Gasteiger partial charge is 0.492 e. The van der Waals surface area contributed by atoms with Gasteiger partial charge in [-0.15, -0.1) is 11.3 Å². The highest BCUT2D eigenvalue weighted by atomic mass is 32.1. The molecule has 1 aromatic heterocycles. The predicted molar refractivity (Wildman–Crippen MR) is 73.7 cm³/mol. The fourth-order valence-electron chi connectivity index (χ4n) is 1.20. The van der Waals surface area contributed by atoms with Gasteiger partial charge in [-0.2, -0.15) is 0 Å². The molecule has 0 fully saturated rings. The third-order valence-electron chi connectivity index (χ3n) is 2.20.